The molecular formula is C30H41N5O. The molecular weight excluding hydrogens is 446 g/mol. The first kappa shape index (κ1) is 27.2. The number of allylic oxidation sites excluding steroid dienone is 2. The van der Waals surface area contributed by atoms with Gasteiger partial charge in [-0.1, -0.05) is 0 Å². The van der Waals surface area contributed by atoms with Gasteiger partial charge in [-0.2, -0.15) is 0 Å². The molecule has 6 nitrogen and oxygen atoms in total. The Morgan fingerprint density at radius 1 is 0.722 bits per heavy atom. The van der Waals surface area contributed by atoms with Gasteiger partial charge in [0.05, 0.1) is 28.5 Å². The monoisotopic (exact) mass is 487 g/mol. The van der Waals surface area contributed by atoms with E-state index in [9.17, 15) is 4.79 Å². The van der Waals surface area contributed by atoms with Crippen molar-refractivity contribution in [1.29, 1.82) is 0 Å². The lowest BCUT2D eigenvalue weighted by molar-refractivity contribution is -0.109. The van der Waals surface area contributed by atoms with Gasteiger partial charge >= 0.3 is 0 Å². The molecule has 192 valence electrons. The van der Waals surface area contributed by atoms with Gasteiger partial charge in [-0.15, -0.1) is 0 Å². The topological polar surface area (TPSA) is 51.5 Å². The van der Waals surface area contributed by atoms with Crippen LogP contribution in [0.15, 0.2) is 70.3 Å². The fourth-order valence-corrected chi connectivity index (χ4v) is 4.65. The third-order valence-corrected chi connectivity index (χ3v) is 6.48. The fourth-order valence-electron chi connectivity index (χ4n) is 4.65. The van der Waals surface area contributed by atoms with Crippen LogP contribution < -0.4 is 9.80 Å². The van der Waals surface area contributed by atoms with Crippen molar-refractivity contribution in [2.75, 3.05) is 37.0 Å². The van der Waals surface area contributed by atoms with E-state index in [-0.39, 0.29) is 5.78 Å². The minimum Gasteiger partial charge on any atom is -0.376 e. The second-order valence-electron chi connectivity index (χ2n) is 9.87. The van der Waals surface area contributed by atoms with Crippen LogP contribution in [0.1, 0.15) is 48.0 Å². The molecule has 0 unspecified atom stereocenters. The average molecular weight is 488 g/mol. The number of aliphatic imine (C=N–C) groups is 2. The molecule has 3 rings (SSSR count). The molecule has 0 saturated carbocycles. The standard InChI is InChI=1S/C30H41N5O/c1-9-34(21(3)4)25-15-11-23(12-16-25)31-27-19-28(30(36)20-29(27)33(7)8)32-24-13-17-26(18-14-24)35(10-2)22(5)6/h11-18,20-22H,9-10,19H2,1-8H3. The van der Waals surface area contributed by atoms with E-state index in [2.05, 4.69) is 75.6 Å². The van der Waals surface area contributed by atoms with E-state index < -0.39 is 0 Å². The molecule has 2 aromatic carbocycles. The Balaban J connectivity index is 1.90. The van der Waals surface area contributed by atoms with Crippen LogP contribution in [0.4, 0.5) is 22.7 Å². The third-order valence-electron chi connectivity index (χ3n) is 6.48. The number of anilines is 2. The van der Waals surface area contributed by atoms with Crippen LogP contribution >= 0.6 is 0 Å². The molecule has 0 amide bonds. The van der Waals surface area contributed by atoms with Gasteiger partial charge in [0.1, 0.15) is 0 Å². The van der Waals surface area contributed by atoms with Crippen molar-refractivity contribution in [1.82, 2.24) is 4.90 Å². The molecule has 1 aliphatic carbocycles. The molecule has 0 aromatic heterocycles. The molecule has 0 radical (unpaired) electrons. The minimum absolute atomic E-state index is 0.0649. The van der Waals surface area contributed by atoms with Gasteiger partial charge in [-0.05, 0) is 90.1 Å². The number of rotatable bonds is 9. The van der Waals surface area contributed by atoms with Crippen molar-refractivity contribution < 1.29 is 4.79 Å². The molecule has 0 aliphatic heterocycles. The summed E-state index contributed by atoms with van der Waals surface area (Å²) in [5.74, 6) is -0.0649. The molecule has 0 atom stereocenters. The lowest BCUT2D eigenvalue weighted by atomic mass is 9.98. The molecule has 1 aliphatic rings. The number of carbonyl (C=O) groups is 1. The quantitative estimate of drug-likeness (QED) is 0.410. The second-order valence-corrected chi connectivity index (χ2v) is 9.87. The predicted octanol–water partition coefficient (Wildman–Crippen LogP) is 6.42. The number of nitrogens with zero attached hydrogens (tertiary/aromatic N) is 5. The van der Waals surface area contributed by atoms with Crippen LogP contribution in [0.25, 0.3) is 0 Å². The van der Waals surface area contributed by atoms with Crippen LogP contribution in [0.3, 0.4) is 0 Å². The fraction of sp³-hybridized carbons (Fsp3) is 0.433. The van der Waals surface area contributed by atoms with Gasteiger partial charge in [0, 0.05) is 63.1 Å². The van der Waals surface area contributed by atoms with Crippen molar-refractivity contribution in [2.24, 2.45) is 9.98 Å². The zero-order chi connectivity index (χ0) is 26.4. The van der Waals surface area contributed by atoms with E-state index >= 15 is 0 Å². The van der Waals surface area contributed by atoms with Gasteiger partial charge in [-0.25, -0.2) is 4.99 Å². The van der Waals surface area contributed by atoms with Crippen LogP contribution in [-0.2, 0) is 4.79 Å². The zero-order valence-electron chi connectivity index (χ0n) is 23.1. The van der Waals surface area contributed by atoms with Crippen LogP contribution in [0.2, 0.25) is 0 Å². The van der Waals surface area contributed by atoms with Crippen LogP contribution in [0.5, 0.6) is 0 Å². The maximum absolute atomic E-state index is 12.9. The first-order valence-corrected chi connectivity index (χ1v) is 13.0. The highest BCUT2D eigenvalue weighted by Gasteiger charge is 2.24. The van der Waals surface area contributed by atoms with Crippen molar-refractivity contribution in [2.45, 2.75) is 60.0 Å². The van der Waals surface area contributed by atoms with Gasteiger partial charge in [0.25, 0.3) is 0 Å². The van der Waals surface area contributed by atoms with Crippen LogP contribution in [0, 0.1) is 0 Å². The molecule has 0 heterocycles. The van der Waals surface area contributed by atoms with E-state index in [1.54, 1.807) is 6.08 Å². The molecule has 6 heteroatoms. The Bertz CT molecular complexity index is 1120. The number of hydrogen-bond donors (Lipinski definition) is 0. The zero-order valence-corrected chi connectivity index (χ0v) is 23.1. The number of hydrogen-bond acceptors (Lipinski definition) is 6. The Morgan fingerprint density at radius 3 is 1.50 bits per heavy atom. The molecule has 0 spiro atoms. The Labute approximate surface area is 217 Å². The third kappa shape index (κ3) is 6.42. The summed E-state index contributed by atoms with van der Waals surface area (Å²) in [6.07, 6.45) is 2.05. The Morgan fingerprint density at radius 2 is 1.14 bits per heavy atom. The van der Waals surface area contributed by atoms with Gasteiger partial charge in [0.15, 0.2) is 0 Å². The van der Waals surface area contributed by atoms with E-state index in [1.807, 2.05) is 43.3 Å². The molecule has 0 saturated heterocycles. The molecule has 36 heavy (non-hydrogen) atoms. The van der Waals surface area contributed by atoms with E-state index in [1.165, 1.54) is 5.69 Å². The van der Waals surface area contributed by atoms with Crippen LogP contribution in [-0.4, -0.2) is 61.4 Å². The van der Waals surface area contributed by atoms with E-state index in [0.29, 0.717) is 24.2 Å². The lowest BCUT2D eigenvalue weighted by Crippen LogP contribution is -2.30. The summed E-state index contributed by atoms with van der Waals surface area (Å²) in [5, 5.41) is 0. The first-order valence-electron chi connectivity index (χ1n) is 13.0. The van der Waals surface area contributed by atoms with Gasteiger partial charge in [0.2, 0.25) is 5.78 Å². The summed E-state index contributed by atoms with van der Waals surface area (Å²) in [7, 11) is 3.88. The largest absolute Gasteiger partial charge is 0.376 e. The van der Waals surface area contributed by atoms with Crippen molar-refractivity contribution in [3.05, 3.63) is 60.3 Å². The first-order chi connectivity index (χ1) is 17.1. The maximum atomic E-state index is 12.9. The smallest absolute Gasteiger partial charge is 0.202 e. The molecule has 0 bridgehead atoms. The highest BCUT2D eigenvalue weighted by atomic mass is 16.1. The number of carbonyl (C=O) groups excluding carboxylic acids is 1. The molecule has 0 N–H and O–H groups in total. The molecule has 0 fully saturated rings. The Kier molecular flexibility index (Phi) is 9.08. The Hall–Kier alpha value is -3.41. The molecule has 2 aromatic rings. The summed E-state index contributed by atoms with van der Waals surface area (Å²) >= 11 is 0. The van der Waals surface area contributed by atoms with E-state index in [4.69, 9.17) is 9.98 Å². The highest BCUT2D eigenvalue weighted by molar-refractivity contribution is 6.50. The maximum Gasteiger partial charge on any atom is 0.202 e. The van der Waals surface area contributed by atoms with E-state index in [0.717, 1.165) is 41.6 Å². The number of benzene rings is 2. The van der Waals surface area contributed by atoms with Crippen molar-refractivity contribution in [3.8, 4) is 0 Å². The number of ketones is 1. The van der Waals surface area contributed by atoms with Gasteiger partial charge < -0.3 is 14.7 Å². The lowest BCUT2D eigenvalue weighted by Gasteiger charge is -2.27. The van der Waals surface area contributed by atoms with Gasteiger partial charge in [-0.3, -0.25) is 9.79 Å². The summed E-state index contributed by atoms with van der Waals surface area (Å²) in [5.41, 5.74) is 6.17. The summed E-state index contributed by atoms with van der Waals surface area (Å²) in [4.78, 5) is 29.2. The second kappa shape index (κ2) is 12.0. The SMILES string of the molecule is CCN(c1ccc(N=C2CC(=Nc3ccc(N(CC)C(C)C)cc3)C(N(C)C)=CC2=O)cc1)C(C)C. The van der Waals surface area contributed by atoms with Crippen molar-refractivity contribution >= 4 is 40.0 Å². The predicted molar refractivity (Wildman–Crippen MR) is 155 cm³/mol. The average Bonchev–Trinajstić information content (AvgIpc) is 2.83. The summed E-state index contributed by atoms with van der Waals surface area (Å²) < 4.78 is 0. The summed E-state index contributed by atoms with van der Waals surface area (Å²) in [6, 6.07) is 17.3. The van der Waals surface area contributed by atoms with Crippen molar-refractivity contribution in [3.63, 3.8) is 0 Å². The summed E-state index contributed by atoms with van der Waals surface area (Å²) in [6.45, 7) is 15.0. The highest BCUT2D eigenvalue weighted by Crippen LogP contribution is 2.26. The normalized spacial score (nSPS) is 16.2. The minimum atomic E-state index is -0.0649.